The molecule has 0 bridgehead atoms. The molecule has 1 aliphatic rings. The van der Waals surface area contributed by atoms with Gasteiger partial charge >= 0.3 is 0 Å². The standard InChI is InChI=1S/C27H30N4O3/c1-19-6-7-23(15-25(19)29-17-21-5-4-12-28-16-21)27(33)31-14-13-30(20(2)32)18-26(31)22-8-10-24(34-3)11-9-22/h4-12,15-16,26,29H,13-14,17-18H2,1-3H3. The lowest BCUT2D eigenvalue weighted by Gasteiger charge is -2.41. The first kappa shape index (κ1) is 23.3. The Balaban J connectivity index is 1.58. The molecule has 4 rings (SSSR count). The molecule has 1 fully saturated rings. The van der Waals surface area contributed by atoms with E-state index in [-0.39, 0.29) is 17.9 Å². The van der Waals surface area contributed by atoms with Crippen LogP contribution >= 0.6 is 0 Å². The maximum Gasteiger partial charge on any atom is 0.254 e. The van der Waals surface area contributed by atoms with Crippen molar-refractivity contribution >= 4 is 17.5 Å². The number of benzene rings is 2. The minimum absolute atomic E-state index is 0.0165. The number of hydrogen-bond acceptors (Lipinski definition) is 5. The van der Waals surface area contributed by atoms with Gasteiger partial charge in [0, 0.05) is 56.7 Å². The largest absolute Gasteiger partial charge is 0.497 e. The second kappa shape index (κ2) is 10.4. The molecule has 34 heavy (non-hydrogen) atoms. The smallest absolute Gasteiger partial charge is 0.254 e. The number of piperazine rings is 1. The van der Waals surface area contributed by atoms with E-state index in [2.05, 4.69) is 10.3 Å². The fourth-order valence-electron chi connectivity index (χ4n) is 4.23. The number of carbonyl (C=O) groups is 2. The highest BCUT2D eigenvalue weighted by atomic mass is 16.5. The van der Waals surface area contributed by atoms with Crippen LogP contribution in [0.2, 0.25) is 0 Å². The predicted octanol–water partition coefficient (Wildman–Crippen LogP) is 4.06. The molecule has 2 amide bonds. The molecule has 2 aromatic carbocycles. The van der Waals surface area contributed by atoms with Gasteiger partial charge in [0.05, 0.1) is 13.2 Å². The van der Waals surface area contributed by atoms with Crippen molar-refractivity contribution in [2.75, 3.05) is 32.1 Å². The molecular formula is C27H30N4O3. The first-order valence-electron chi connectivity index (χ1n) is 11.4. The highest BCUT2D eigenvalue weighted by Gasteiger charge is 2.33. The Morgan fingerprint density at radius 3 is 2.59 bits per heavy atom. The van der Waals surface area contributed by atoms with Gasteiger partial charge in [-0.25, -0.2) is 0 Å². The Kier molecular flexibility index (Phi) is 7.11. The molecule has 1 unspecified atom stereocenters. The lowest BCUT2D eigenvalue weighted by atomic mass is 10.00. The van der Waals surface area contributed by atoms with Gasteiger partial charge in [-0.05, 0) is 53.9 Å². The van der Waals surface area contributed by atoms with Crippen molar-refractivity contribution in [3.8, 4) is 5.75 Å². The van der Waals surface area contributed by atoms with Crippen molar-refractivity contribution in [3.63, 3.8) is 0 Å². The molecule has 0 saturated carbocycles. The van der Waals surface area contributed by atoms with Crippen molar-refractivity contribution in [1.29, 1.82) is 0 Å². The van der Waals surface area contributed by atoms with Gasteiger partial charge in [0.1, 0.15) is 5.75 Å². The first-order valence-corrected chi connectivity index (χ1v) is 11.4. The van der Waals surface area contributed by atoms with E-state index < -0.39 is 0 Å². The minimum Gasteiger partial charge on any atom is -0.497 e. The SMILES string of the molecule is COc1ccc(C2CN(C(C)=O)CCN2C(=O)c2ccc(C)c(NCc3cccnc3)c2)cc1. The Hall–Kier alpha value is -3.87. The third-order valence-electron chi connectivity index (χ3n) is 6.28. The van der Waals surface area contributed by atoms with Crippen molar-refractivity contribution in [3.05, 3.63) is 89.2 Å². The Labute approximate surface area is 200 Å². The fraction of sp³-hybridized carbons (Fsp3) is 0.296. The molecule has 1 aliphatic heterocycles. The zero-order chi connectivity index (χ0) is 24.1. The Bertz CT molecular complexity index is 1150. The zero-order valence-electron chi connectivity index (χ0n) is 19.8. The van der Waals surface area contributed by atoms with Crippen molar-refractivity contribution in [2.45, 2.75) is 26.4 Å². The van der Waals surface area contributed by atoms with Crippen LogP contribution in [0, 0.1) is 6.92 Å². The average molecular weight is 459 g/mol. The van der Waals surface area contributed by atoms with Crippen LogP contribution in [0.25, 0.3) is 0 Å². The number of nitrogens with one attached hydrogen (secondary N) is 1. The number of carbonyl (C=O) groups excluding carboxylic acids is 2. The fourth-order valence-corrected chi connectivity index (χ4v) is 4.23. The molecule has 0 aliphatic carbocycles. The summed E-state index contributed by atoms with van der Waals surface area (Å²) in [6.45, 7) is 5.67. The van der Waals surface area contributed by atoms with Gasteiger partial charge in [-0.15, -0.1) is 0 Å². The number of aryl methyl sites for hydroxylation is 1. The lowest BCUT2D eigenvalue weighted by molar-refractivity contribution is -0.131. The van der Waals surface area contributed by atoms with E-state index in [0.717, 1.165) is 28.1 Å². The number of anilines is 1. The monoisotopic (exact) mass is 458 g/mol. The van der Waals surface area contributed by atoms with Gasteiger partial charge in [-0.2, -0.15) is 0 Å². The summed E-state index contributed by atoms with van der Waals surface area (Å²) in [5.41, 5.74) is 4.64. The van der Waals surface area contributed by atoms with Gasteiger partial charge in [-0.1, -0.05) is 24.3 Å². The third kappa shape index (κ3) is 5.20. The van der Waals surface area contributed by atoms with E-state index in [1.165, 1.54) is 0 Å². The Morgan fingerprint density at radius 2 is 1.91 bits per heavy atom. The van der Waals surface area contributed by atoms with Crippen LogP contribution in [0.5, 0.6) is 5.75 Å². The number of aromatic nitrogens is 1. The molecule has 0 radical (unpaired) electrons. The summed E-state index contributed by atoms with van der Waals surface area (Å²) in [5, 5.41) is 3.43. The molecule has 1 atom stereocenters. The van der Waals surface area contributed by atoms with E-state index in [0.29, 0.717) is 31.7 Å². The average Bonchev–Trinajstić information content (AvgIpc) is 2.88. The van der Waals surface area contributed by atoms with Gasteiger partial charge in [-0.3, -0.25) is 14.6 Å². The molecule has 176 valence electrons. The first-order chi connectivity index (χ1) is 16.5. The van der Waals surface area contributed by atoms with Crippen LogP contribution in [0.4, 0.5) is 5.69 Å². The van der Waals surface area contributed by atoms with Gasteiger partial charge in [0.15, 0.2) is 0 Å². The summed E-state index contributed by atoms with van der Waals surface area (Å²) >= 11 is 0. The number of methoxy groups -OCH3 is 1. The molecular weight excluding hydrogens is 428 g/mol. The highest BCUT2D eigenvalue weighted by Crippen LogP contribution is 2.29. The van der Waals surface area contributed by atoms with Crippen LogP contribution in [0.3, 0.4) is 0 Å². The van der Waals surface area contributed by atoms with Crippen molar-refractivity contribution in [1.82, 2.24) is 14.8 Å². The second-order valence-corrected chi connectivity index (χ2v) is 8.50. The molecule has 2 heterocycles. The van der Waals surface area contributed by atoms with E-state index in [1.54, 1.807) is 25.1 Å². The summed E-state index contributed by atoms with van der Waals surface area (Å²) in [5.74, 6) is 0.722. The van der Waals surface area contributed by atoms with Crippen LogP contribution in [-0.2, 0) is 11.3 Å². The molecule has 0 spiro atoms. The summed E-state index contributed by atoms with van der Waals surface area (Å²) < 4.78 is 5.28. The summed E-state index contributed by atoms with van der Waals surface area (Å²) in [6, 6.07) is 17.1. The van der Waals surface area contributed by atoms with E-state index in [1.807, 2.05) is 72.6 Å². The maximum atomic E-state index is 13.7. The lowest BCUT2D eigenvalue weighted by Crippen LogP contribution is -2.51. The van der Waals surface area contributed by atoms with Crippen molar-refractivity contribution < 1.29 is 14.3 Å². The topological polar surface area (TPSA) is 74.8 Å². The quantitative estimate of drug-likeness (QED) is 0.603. The maximum absolute atomic E-state index is 13.7. The molecule has 1 saturated heterocycles. The van der Waals surface area contributed by atoms with Crippen molar-refractivity contribution in [2.24, 2.45) is 0 Å². The third-order valence-corrected chi connectivity index (χ3v) is 6.28. The molecule has 7 nitrogen and oxygen atoms in total. The number of ether oxygens (including phenoxy) is 1. The minimum atomic E-state index is -0.232. The summed E-state index contributed by atoms with van der Waals surface area (Å²) in [6.07, 6.45) is 3.57. The predicted molar refractivity (Wildman–Crippen MR) is 132 cm³/mol. The van der Waals surface area contributed by atoms with E-state index >= 15 is 0 Å². The van der Waals surface area contributed by atoms with Crippen LogP contribution in [0.1, 0.15) is 40.0 Å². The number of hydrogen-bond donors (Lipinski definition) is 1. The van der Waals surface area contributed by atoms with Crippen LogP contribution in [-0.4, -0.2) is 53.3 Å². The summed E-state index contributed by atoms with van der Waals surface area (Å²) in [4.78, 5) is 33.6. The van der Waals surface area contributed by atoms with Crippen LogP contribution in [0.15, 0.2) is 67.0 Å². The normalized spacial score (nSPS) is 15.7. The van der Waals surface area contributed by atoms with Crippen LogP contribution < -0.4 is 10.1 Å². The number of amides is 2. The number of nitrogens with zero attached hydrogens (tertiary/aromatic N) is 3. The molecule has 1 N–H and O–H groups in total. The number of rotatable bonds is 6. The molecule has 3 aromatic rings. The second-order valence-electron chi connectivity index (χ2n) is 8.50. The number of pyridine rings is 1. The highest BCUT2D eigenvalue weighted by molar-refractivity contribution is 5.96. The zero-order valence-corrected chi connectivity index (χ0v) is 19.8. The molecule has 7 heteroatoms. The van der Waals surface area contributed by atoms with Gasteiger partial charge < -0.3 is 19.9 Å². The van der Waals surface area contributed by atoms with E-state index in [9.17, 15) is 9.59 Å². The molecule has 1 aromatic heterocycles. The van der Waals surface area contributed by atoms with E-state index in [4.69, 9.17) is 4.74 Å². The van der Waals surface area contributed by atoms with Gasteiger partial charge in [0.2, 0.25) is 5.91 Å². The van der Waals surface area contributed by atoms with Gasteiger partial charge in [0.25, 0.3) is 5.91 Å². The Morgan fingerprint density at radius 1 is 1.12 bits per heavy atom. The summed E-state index contributed by atoms with van der Waals surface area (Å²) in [7, 11) is 1.63.